The van der Waals surface area contributed by atoms with Gasteiger partial charge in [0.15, 0.2) is 0 Å². The molecule has 158 valence electrons. The summed E-state index contributed by atoms with van der Waals surface area (Å²) in [6.45, 7) is 0. The summed E-state index contributed by atoms with van der Waals surface area (Å²) in [5.41, 5.74) is 4.97. The first kappa shape index (κ1) is 19.6. The number of carbonyl (C=O) groups excluding carboxylic acids is 1. The quantitative estimate of drug-likeness (QED) is 0.394. The number of anilines is 1. The van der Waals surface area contributed by atoms with Crippen molar-refractivity contribution in [2.75, 3.05) is 12.4 Å². The van der Waals surface area contributed by atoms with Gasteiger partial charge < -0.3 is 18.9 Å². The lowest BCUT2D eigenvalue weighted by Gasteiger charge is -2.08. The standard InChI is InChI=1S/C26H21N3O3/c1-31-21-13-14-29-22(26(28-24(29)16-21)19-6-3-2-4-7-19)17-25(30)27-20-11-9-18(10-12-20)23-8-5-15-32-23/h2-16H,17H2,1H3,(H,27,30). The zero-order chi connectivity index (χ0) is 21.9. The number of ether oxygens (including phenoxy) is 1. The van der Waals surface area contributed by atoms with E-state index < -0.39 is 0 Å². The zero-order valence-corrected chi connectivity index (χ0v) is 17.5. The number of carbonyl (C=O) groups is 1. The number of rotatable bonds is 6. The Kier molecular flexibility index (Phi) is 5.17. The van der Waals surface area contributed by atoms with E-state index in [9.17, 15) is 4.79 Å². The van der Waals surface area contributed by atoms with Crippen LogP contribution in [0.3, 0.4) is 0 Å². The second-order valence-electron chi connectivity index (χ2n) is 7.35. The molecule has 0 fully saturated rings. The van der Waals surface area contributed by atoms with Gasteiger partial charge in [0, 0.05) is 29.1 Å². The molecule has 3 heterocycles. The van der Waals surface area contributed by atoms with Gasteiger partial charge in [-0.25, -0.2) is 4.98 Å². The highest BCUT2D eigenvalue weighted by Gasteiger charge is 2.18. The van der Waals surface area contributed by atoms with Crippen molar-refractivity contribution in [3.63, 3.8) is 0 Å². The Hall–Kier alpha value is -4.32. The number of pyridine rings is 1. The van der Waals surface area contributed by atoms with Crippen molar-refractivity contribution in [2.24, 2.45) is 0 Å². The maximum atomic E-state index is 12.9. The molecule has 0 aliphatic heterocycles. The minimum atomic E-state index is -0.120. The van der Waals surface area contributed by atoms with Crippen molar-refractivity contribution in [1.29, 1.82) is 0 Å². The molecule has 0 saturated heterocycles. The first-order chi connectivity index (χ1) is 15.7. The topological polar surface area (TPSA) is 68.8 Å². The minimum absolute atomic E-state index is 0.120. The lowest BCUT2D eigenvalue weighted by molar-refractivity contribution is -0.115. The highest BCUT2D eigenvalue weighted by Crippen LogP contribution is 2.27. The van der Waals surface area contributed by atoms with Crippen LogP contribution in [0, 0.1) is 0 Å². The Balaban J connectivity index is 1.43. The normalized spacial score (nSPS) is 10.9. The number of benzene rings is 2. The van der Waals surface area contributed by atoms with Crippen molar-refractivity contribution >= 4 is 17.2 Å². The molecule has 6 heteroatoms. The Labute approximate surface area is 185 Å². The Morgan fingerprint density at radius 3 is 2.53 bits per heavy atom. The second-order valence-corrected chi connectivity index (χ2v) is 7.35. The molecule has 6 nitrogen and oxygen atoms in total. The third-order valence-corrected chi connectivity index (χ3v) is 5.28. The molecule has 3 aromatic heterocycles. The molecule has 5 aromatic rings. The van der Waals surface area contributed by atoms with Crippen molar-refractivity contribution in [1.82, 2.24) is 9.38 Å². The van der Waals surface area contributed by atoms with Crippen LogP contribution < -0.4 is 10.1 Å². The number of methoxy groups -OCH3 is 1. The maximum absolute atomic E-state index is 12.9. The fraction of sp³-hybridized carbons (Fsp3) is 0.0769. The van der Waals surface area contributed by atoms with Crippen molar-refractivity contribution in [3.05, 3.63) is 97.0 Å². The number of furan rings is 1. The van der Waals surface area contributed by atoms with E-state index in [0.717, 1.165) is 45.4 Å². The van der Waals surface area contributed by atoms with Crippen molar-refractivity contribution in [2.45, 2.75) is 6.42 Å². The van der Waals surface area contributed by atoms with Crippen LogP contribution in [0.1, 0.15) is 5.69 Å². The van der Waals surface area contributed by atoms with E-state index in [4.69, 9.17) is 14.1 Å². The van der Waals surface area contributed by atoms with Crippen LogP contribution in [0.4, 0.5) is 5.69 Å². The monoisotopic (exact) mass is 423 g/mol. The van der Waals surface area contributed by atoms with E-state index in [1.807, 2.05) is 89.5 Å². The summed E-state index contributed by atoms with van der Waals surface area (Å²) >= 11 is 0. The highest BCUT2D eigenvalue weighted by molar-refractivity contribution is 5.93. The third-order valence-electron chi connectivity index (χ3n) is 5.28. The molecule has 0 saturated carbocycles. The molecular formula is C26H21N3O3. The minimum Gasteiger partial charge on any atom is -0.497 e. The van der Waals surface area contributed by atoms with Gasteiger partial charge in [0.2, 0.25) is 5.91 Å². The Morgan fingerprint density at radius 1 is 1.00 bits per heavy atom. The third kappa shape index (κ3) is 3.86. The highest BCUT2D eigenvalue weighted by atomic mass is 16.5. The molecule has 5 rings (SSSR count). The number of imidazole rings is 1. The van der Waals surface area contributed by atoms with E-state index in [0.29, 0.717) is 0 Å². The van der Waals surface area contributed by atoms with Crippen LogP contribution in [0.2, 0.25) is 0 Å². The summed E-state index contributed by atoms with van der Waals surface area (Å²) in [5, 5.41) is 2.98. The van der Waals surface area contributed by atoms with Gasteiger partial charge in [-0.1, -0.05) is 30.3 Å². The largest absolute Gasteiger partial charge is 0.497 e. The van der Waals surface area contributed by atoms with Gasteiger partial charge in [-0.2, -0.15) is 0 Å². The molecule has 1 amide bonds. The fourth-order valence-electron chi connectivity index (χ4n) is 3.72. The van der Waals surface area contributed by atoms with Gasteiger partial charge in [-0.15, -0.1) is 0 Å². The first-order valence-corrected chi connectivity index (χ1v) is 10.3. The van der Waals surface area contributed by atoms with E-state index in [1.165, 1.54) is 0 Å². The number of aromatic nitrogens is 2. The predicted octanol–water partition coefficient (Wildman–Crippen LogP) is 5.45. The lowest BCUT2D eigenvalue weighted by Crippen LogP contribution is -2.16. The summed E-state index contributed by atoms with van der Waals surface area (Å²) < 4.78 is 12.7. The van der Waals surface area contributed by atoms with Crippen LogP contribution in [-0.2, 0) is 11.2 Å². The van der Waals surface area contributed by atoms with Crippen molar-refractivity contribution < 1.29 is 13.9 Å². The molecule has 0 aliphatic rings. The zero-order valence-electron chi connectivity index (χ0n) is 17.5. The molecular weight excluding hydrogens is 402 g/mol. The number of nitrogens with zero attached hydrogens (tertiary/aromatic N) is 2. The van der Waals surface area contributed by atoms with E-state index in [-0.39, 0.29) is 12.3 Å². The second kappa shape index (κ2) is 8.43. The smallest absolute Gasteiger partial charge is 0.230 e. The summed E-state index contributed by atoms with van der Waals surface area (Å²) in [5.74, 6) is 1.39. The average Bonchev–Trinajstić information content (AvgIpc) is 3.48. The summed E-state index contributed by atoms with van der Waals surface area (Å²) in [4.78, 5) is 17.7. The molecule has 2 aromatic carbocycles. The first-order valence-electron chi connectivity index (χ1n) is 10.3. The SMILES string of the molecule is COc1ccn2c(CC(=O)Nc3ccc(-c4ccco4)cc3)c(-c3ccccc3)nc2c1. The summed E-state index contributed by atoms with van der Waals surface area (Å²) in [7, 11) is 1.62. The van der Waals surface area contributed by atoms with E-state index in [1.54, 1.807) is 13.4 Å². The number of hydrogen-bond acceptors (Lipinski definition) is 4. The molecule has 0 aliphatic carbocycles. The van der Waals surface area contributed by atoms with Gasteiger partial charge in [0.25, 0.3) is 0 Å². The molecule has 1 N–H and O–H groups in total. The van der Waals surface area contributed by atoms with Crippen LogP contribution >= 0.6 is 0 Å². The van der Waals surface area contributed by atoms with Gasteiger partial charge in [-0.3, -0.25) is 4.79 Å². The Bertz CT molecular complexity index is 1360. The van der Waals surface area contributed by atoms with Crippen LogP contribution in [0.5, 0.6) is 5.75 Å². The lowest BCUT2D eigenvalue weighted by atomic mass is 10.1. The van der Waals surface area contributed by atoms with Gasteiger partial charge in [-0.05, 0) is 42.5 Å². The number of nitrogens with one attached hydrogen (secondary N) is 1. The molecule has 0 spiro atoms. The average molecular weight is 423 g/mol. The van der Waals surface area contributed by atoms with Gasteiger partial charge in [0.05, 0.1) is 31.2 Å². The van der Waals surface area contributed by atoms with E-state index in [2.05, 4.69) is 5.32 Å². The van der Waals surface area contributed by atoms with Crippen LogP contribution in [0.25, 0.3) is 28.2 Å². The van der Waals surface area contributed by atoms with Crippen LogP contribution in [0.15, 0.2) is 95.7 Å². The van der Waals surface area contributed by atoms with E-state index >= 15 is 0 Å². The molecule has 32 heavy (non-hydrogen) atoms. The van der Waals surface area contributed by atoms with Gasteiger partial charge in [0.1, 0.15) is 17.2 Å². The molecule has 0 bridgehead atoms. The number of amides is 1. The number of hydrogen-bond donors (Lipinski definition) is 1. The molecule has 0 atom stereocenters. The van der Waals surface area contributed by atoms with Crippen LogP contribution in [-0.4, -0.2) is 22.4 Å². The number of fused-ring (bicyclic) bond motifs is 1. The maximum Gasteiger partial charge on any atom is 0.230 e. The molecule has 0 radical (unpaired) electrons. The predicted molar refractivity (Wildman–Crippen MR) is 124 cm³/mol. The Morgan fingerprint density at radius 2 is 1.81 bits per heavy atom. The fourth-order valence-corrected chi connectivity index (χ4v) is 3.72. The molecule has 0 unspecified atom stereocenters. The van der Waals surface area contributed by atoms with Crippen molar-refractivity contribution in [3.8, 4) is 28.3 Å². The summed E-state index contributed by atoms with van der Waals surface area (Å²) in [6.07, 6.45) is 3.70. The van der Waals surface area contributed by atoms with Gasteiger partial charge >= 0.3 is 0 Å². The summed E-state index contributed by atoms with van der Waals surface area (Å²) in [6, 6.07) is 24.9.